The minimum Gasteiger partial charge on any atom is -0.478 e. The maximum atomic E-state index is 11.1. The number of piperidine rings is 1. The third-order valence-corrected chi connectivity index (χ3v) is 4.14. The number of anilines is 1. The Labute approximate surface area is 111 Å². The Morgan fingerprint density at radius 3 is 2.83 bits per heavy atom. The first-order valence-corrected chi connectivity index (χ1v) is 7.11. The quantitative estimate of drug-likeness (QED) is 0.856. The van der Waals surface area contributed by atoms with Crippen molar-refractivity contribution in [2.75, 3.05) is 31.5 Å². The largest absolute Gasteiger partial charge is 0.478 e. The molecule has 1 aromatic heterocycles. The molecule has 0 spiro atoms. The summed E-state index contributed by atoms with van der Waals surface area (Å²) >= 11 is 1.23. The zero-order valence-electron chi connectivity index (χ0n) is 10.6. The Morgan fingerprint density at radius 2 is 2.17 bits per heavy atom. The standard InChI is InChI=1S/C12H19N3O2S/c1-9-10(12(16)17)11(18-14-9)13-5-8-15-6-3-2-4-7-15/h13H,2-8H2,1H3,(H,16,17). The molecule has 6 heteroatoms. The van der Waals surface area contributed by atoms with Crippen LogP contribution in [0.1, 0.15) is 35.3 Å². The maximum Gasteiger partial charge on any atom is 0.340 e. The lowest BCUT2D eigenvalue weighted by Gasteiger charge is -2.26. The molecular weight excluding hydrogens is 250 g/mol. The highest BCUT2D eigenvalue weighted by Crippen LogP contribution is 2.24. The molecule has 0 aromatic carbocycles. The lowest BCUT2D eigenvalue weighted by atomic mass is 10.1. The summed E-state index contributed by atoms with van der Waals surface area (Å²) in [6.45, 7) is 5.80. The first-order valence-electron chi connectivity index (χ1n) is 6.34. The number of hydrogen-bond donors (Lipinski definition) is 2. The van der Waals surface area contributed by atoms with E-state index in [4.69, 9.17) is 5.11 Å². The summed E-state index contributed by atoms with van der Waals surface area (Å²) in [5, 5.41) is 13.0. The van der Waals surface area contributed by atoms with Crippen LogP contribution in [0.25, 0.3) is 0 Å². The van der Waals surface area contributed by atoms with Crippen molar-refractivity contribution in [2.45, 2.75) is 26.2 Å². The fourth-order valence-electron chi connectivity index (χ4n) is 2.25. The van der Waals surface area contributed by atoms with Gasteiger partial charge in [-0.1, -0.05) is 6.42 Å². The number of nitrogens with zero attached hydrogens (tertiary/aromatic N) is 2. The number of carboxylic acid groups (broad SMARTS) is 1. The van der Waals surface area contributed by atoms with Crippen molar-refractivity contribution in [3.8, 4) is 0 Å². The summed E-state index contributed by atoms with van der Waals surface area (Å²) in [5.41, 5.74) is 0.909. The molecule has 0 aliphatic carbocycles. The van der Waals surface area contributed by atoms with Crippen LogP contribution in [0.4, 0.5) is 5.00 Å². The van der Waals surface area contributed by atoms with Gasteiger partial charge in [-0.15, -0.1) is 0 Å². The second-order valence-corrected chi connectivity index (χ2v) is 5.38. The van der Waals surface area contributed by atoms with Crippen molar-refractivity contribution in [3.63, 3.8) is 0 Å². The molecular formula is C12H19N3O2S. The molecule has 0 amide bonds. The number of aromatic nitrogens is 1. The normalized spacial score (nSPS) is 16.7. The van der Waals surface area contributed by atoms with Gasteiger partial charge in [-0.25, -0.2) is 4.79 Å². The molecule has 0 atom stereocenters. The molecule has 0 bridgehead atoms. The molecule has 2 rings (SSSR count). The fraction of sp³-hybridized carbons (Fsp3) is 0.667. The van der Waals surface area contributed by atoms with Gasteiger partial charge in [0.05, 0.1) is 5.69 Å². The van der Waals surface area contributed by atoms with Crippen LogP contribution in [-0.2, 0) is 0 Å². The highest BCUT2D eigenvalue weighted by molar-refractivity contribution is 7.10. The molecule has 2 N–H and O–H groups in total. The lowest BCUT2D eigenvalue weighted by molar-refractivity contribution is 0.0697. The molecule has 2 heterocycles. The van der Waals surface area contributed by atoms with Gasteiger partial charge < -0.3 is 15.3 Å². The van der Waals surface area contributed by atoms with Gasteiger partial charge in [-0.3, -0.25) is 0 Å². The van der Waals surface area contributed by atoms with Gasteiger partial charge in [-0.05, 0) is 44.4 Å². The van der Waals surface area contributed by atoms with Gasteiger partial charge in [0.2, 0.25) is 0 Å². The molecule has 18 heavy (non-hydrogen) atoms. The molecule has 1 saturated heterocycles. The number of hydrogen-bond acceptors (Lipinski definition) is 5. The minimum atomic E-state index is -0.901. The van der Waals surface area contributed by atoms with Crippen LogP contribution in [0.2, 0.25) is 0 Å². The first-order chi connectivity index (χ1) is 8.68. The molecule has 0 saturated carbocycles. The van der Waals surface area contributed by atoms with E-state index in [1.165, 1.54) is 30.8 Å². The zero-order chi connectivity index (χ0) is 13.0. The summed E-state index contributed by atoms with van der Waals surface area (Å²) in [6.07, 6.45) is 3.89. The predicted octanol–water partition coefficient (Wildman–Crippen LogP) is 2.05. The average Bonchev–Trinajstić information content (AvgIpc) is 2.72. The van der Waals surface area contributed by atoms with E-state index in [9.17, 15) is 4.79 Å². The second-order valence-electron chi connectivity index (χ2n) is 4.61. The van der Waals surface area contributed by atoms with Gasteiger partial charge in [0.25, 0.3) is 0 Å². The van der Waals surface area contributed by atoms with Crippen LogP contribution in [-0.4, -0.2) is 46.5 Å². The Kier molecular flexibility index (Phi) is 4.54. The number of nitrogens with one attached hydrogen (secondary N) is 1. The molecule has 0 radical (unpaired) electrons. The number of carbonyl (C=O) groups is 1. The van der Waals surface area contributed by atoms with Crippen LogP contribution >= 0.6 is 11.5 Å². The van der Waals surface area contributed by atoms with E-state index < -0.39 is 5.97 Å². The van der Waals surface area contributed by atoms with E-state index in [-0.39, 0.29) is 0 Å². The Morgan fingerprint density at radius 1 is 1.44 bits per heavy atom. The Hall–Kier alpha value is -1.14. The molecule has 1 aliphatic heterocycles. The summed E-state index contributed by atoms with van der Waals surface area (Å²) in [6, 6.07) is 0. The third-order valence-electron chi connectivity index (χ3n) is 3.24. The van der Waals surface area contributed by atoms with E-state index in [1.807, 2.05) is 0 Å². The van der Waals surface area contributed by atoms with Crippen molar-refractivity contribution >= 4 is 22.5 Å². The Balaban J connectivity index is 1.84. The lowest BCUT2D eigenvalue weighted by Crippen LogP contribution is -2.33. The van der Waals surface area contributed by atoms with Crippen LogP contribution in [0, 0.1) is 6.92 Å². The third kappa shape index (κ3) is 3.20. The molecule has 1 aliphatic rings. The average molecular weight is 269 g/mol. The topological polar surface area (TPSA) is 65.5 Å². The van der Waals surface area contributed by atoms with Gasteiger partial charge in [0, 0.05) is 13.1 Å². The number of likely N-dealkylation sites (tertiary alicyclic amines) is 1. The summed E-state index contributed by atoms with van der Waals surface area (Å²) in [4.78, 5) is 13.5. The van der Waals surface area contributed by atoms with Crippen LogP contribution in [0.5, 0.6) is 0 Å². The van der Waals surface area contributed by atoms with Crippen LogP contribution < -0.4 is 5.32 Å². The maximum absolute atomic E-state index is 11.1. The molecule has 100 valence electrons. The van der Waals surface area contributed by atoms with Crippen LogP contribution in [0.15, 0.2) is 0 Å². The SMILES string of the molecule is Cc1nsc(NCCN2CCCCC2)c1C(=O)O. The van der Waals surface area contributed by atoms with E-state index in [1.54, 1.807) is 6.92 Å². The molecule has 1 aromatic rings. The summed E-state index contributed by atoms with van der Waals surface area (Å²) < 4.78 is 4.09. The highest BCUT2D eigenvalue weighted by Gasteiger charge is 2.17. The number of aromatic carboxylic acids is 1. The summed E-state index contributed by atoms with van der Waals surface area (Å²) in [5.74, 6) is -0.901. The van der Waals surface area contributed by atoms with E-state index in [0.29, 0.717) is 16.3 Å². The second kappa shape index (κ2) is 6.15. The number of carboxylic acids is 1. The van der Waals surface area contributed by atoms with E-state index >= 15 is 0 Å². The van der Waals surface area contributed by atoms with Crippen molar-refractivity contribution in [2.24, 2.45) is 0 Å². The van der Waals surface area contributed by atoms with Crippen LogP contribution in [0.3, 0.4) is 0 Å². The predicted molar refractivity (Wildman–Crippen MR) is 72.6 cm³/mol. The van der Waals surface area contributed by atoms with Gasteiger partial charge in [-0.2, -0.15) is 4.37 Å². The first kappa shape index (κ1) is 13.3. The number of rotatable bonds is 5. The number of aryl methyl sites for hydroxylation is 1. The van der Waals surface area contributed by atoms with Gasteiger partial charge >= 0.3 is 5.97 Å². The molecule has 1 fully saturated rings. The fourth-order valence-corrected chi connectivity index (χ4v) is 3.07. The van der Waals surface area contributed by atoms with Crippen molar-refractivity contribution in [1.29, 1.82) is 0 Å². The molecule has 5 nitrogen and oxygen atoms in total. The van der Waals surface area contributed by atoms with Gasteiger partial charge in [0.15, 0.2) is 0 Å². The highest BCUT2D eigenvalue weighted by atomic mass is 32.1. The monoisotopic (exact) mass is 269 g/mol. The molecule has 0 unspecified atom stereocenters. The van der Waals surface area contributed by atoms with Crippen molar-refractivity contribution < 1.29 is 9.90 Å². The van der Waals surface area contributed by atoms with Crippen molar-refractivity contribution in [3.05, 3.63) is 11.3 Å². The smallest absolute Gasteiger partial charge is 0.340 e. The van der Waals surface area contributed by atoms with Crippen molar-refractivity contribution in [1.82, 2.24) is 9.27 Å². The zero-order valence-corrected chi connectivity index (χ0v) is 11.4. The summed E-state index contributed by atoms with van der Waals surface area (Å²) in [7, 11) is 0. The minimum absolute atomic E-state index is 0.318. The van der Waals surface area contributed by atoms with Gasteiger partial charge in [0.1, 0.15) is 10.6 Å². The Bertz CT molecular complexity index is 413. The van der Waals surface area contributed by atoms with E-state index in [0.717, 1.165) is 26.2 Å². The van der Waals surface area contributed by atoms with E-state index in [2.05, 4.69) is 14.6 Å².